The van der Waals surface area contributed by atoms with Gasteiger partial charge in [0.25, 0.3) is 5.91 Å². The molecular formula is C20H23N5O2. The summed E-state index contributed by atoms with van der Waals surface area (Å²) in [4.78, 5) is 22.5. The van der Waals surface area contributed by atoms with E-state index < -0.39 is 11.4 Å². The highest BCUT2D eigenvalue weighted by atomic mass is 16.5. The van der Waals surface area contributed by atoms with Crippen LogP contribution in [0, 0.1) is 0 Å². The Morgan fingerprint density at radius 2 is 1.96 bits per heavy atom. The van der Waals surface area contributed by atoms with Gasteiger partial charge in [0.05, 0.1) is 23.7 Å². The molecule has 0 radical (unpaired) electrons. The minimum absolute atomic E-state index is 0.345. The van der Waals surface area contributed by atoms with Crippen molar-refractivity contribution >= 4 is 22.6 Å². The summed E-state index contributed by atoms with van der Waals surface area (Å²) in [6.45, 7) is 2.38. The maximum absolute atomic E-state index is 11.8. The summed E-state index contributed by atoms with van der Waals surface area (Å²) in [5, 5.41) is 0.735. The lowest BCUT2D eigenvalue weighted by Crippen LogP contribution is -2.47. The van der Waals surface area contributed by atoms with Crippen molar-refractivity contribution in [2.45, 2.75) is 12.5 Å². The summed E-state index contributed by atoms with van der Waals surface area (Å²) in [6, 6.07) is 13.1. The van der Waals surface area contributed by atoms with E-state index in [9.17, 15) is 4.79 Å². The molecule has 0 saturated carbocycles. The fourth-order valence-electron chi connectivity index (χ4n) is 3.18. The Hall–Kier alpha value is -3.19. The number of benzene rings is 2. The number of rotatable bonds is 6. The van der Waals surface area contributed by atoms with Crippen molar-refractivity contribution in [3.8, 4) is 5.75 Å². The number of nitrogens with zero attached hydrogens (tertiary/aromatic N) is 3. The van der Waals surface area contributed by atoms with Gasteiger partial charge in [0.1, 0.15) is 17.9 Å². The molecule has 0 spiro atoms. The summed E-state index contributed by atoms with van der Waals surface area (Å²) >= 11 is 0. The van der Waals surface area contributed by atoms with Gasteiger partial charge in [-0.1, -0.05) is 18.2 Å². The van der Waals surface area contributed by atoms with E-state index >= 15 is 0 Å². The van der Waals surface area contributed by atoms with E-state index in [4.69, 9.17) is 16.2 Å². The first-order chi connectivity index (χ1) is 12.9. The number of para-hydroxylation sites is 1. The van der Waals surface area contributed by atoms with Gasteiger partial charge in [-0.3, -0.25) is 4.79 Å². The van der Waals surface area contributed by atoms with E-state index in [2.05, 4.69) is 9.97 Å². The first kappa shape index (κ1) is 18.6. The predicted molar refractivity (Wildman–Crippen MR) is 106 cm³/mol. The number of amides is 1. The largest absolute Gasteiger partial charge is 0.497 e. The second-order valence-electron chi connectivity index (χ2n) is 6.53. The SMILES string of the molecule is COc1cccc(C(C)(CN)N(C)c2ncnc3c(C(N)=O)cccc23)c1. The number of primary amides is 1. The van der Waals surface area contributed by atoms with Crippen molar-refractivity contribution in [2.24, 2.45) is 11.5 Å². The molecule has 1 atom stereocenters. The third-order valence-corrected chi connectivity index (χ3v) is 5.06. The van der Waals surface area contributed by atoms with E-state index in [-0.39, 0.29) is 0 Å². The molecule has 7 nitrogen and oxygen atoms in total. The van der Waals surface area contributed by atoms with Crippen molar-refractivity contribution in [2.75, 3.05) is 25.6 Å². The molecule has 2 aromatic carbocycles. The number of carbonyl (C=O) groups excluding carboxylic acids is 1. The molecule has 0 bridgehead atoms. The molecule has 1 unspecified atom stereocenters. The summed E-state index contributed by atoms with van der Waals surface area (Å²) in [7, 11) is 3.55. The van der Waals surface area contributed by atoms with Crippen LogP contribution < -0.4 is 21.1 Å². The molecule has 1 amide bonds. The molecule has 0 fully saturated rings. The minimum atomic E-state index is -0.557. The van der Waals surface area contributed by atoms with E-state index in [1.165, 1.54) is 6.33 Å². The molecule has 1 aromatic heterocycles. The highest BCUT2D eigenvalue weighted by Gasteiger charge is 2.32. The van der Waals surface area contributed by atoms with Crippen LogP contribution in [0.15, 0.2) is 48.8 Å². The van der Waals surface area contributed by atoms with Crippen LogP contribution in [0.5, 0.6) is 5.75 Å². The topological polar surface area (TPSA) is 107 Å². The fraction of sp³-hybridized carbons (Fsp3) is 0.250. The normalized spacial score (nSPS) is 13.2. The highest BCUT2D eigenvalue weighted by Crippen LogP contribution is 2.35. The number of carbonyl (C=O) groups is 1. The number of anilines is 1. The molecule has 0 aliphatic rings. The Balaban J connectivity index is 2.17. The number of ether oxygens (including phenoxy) is 1. The molecule has 0 aliphatic carbocycles. The number of nitrogens with two attached hydrogens (primary N) is 2. The number of aromatic nitrogens is 2. The molecule has 0 aliphatic heterocycles. The number of hydrogen-bond acceptors (Lipinski definition) is 6. The van der Waals surface area contributed by atoms with Crippen LogP contribution in [-0.4, -0.2) is 36.6 Å². The van der Waals surface area contributed by atoms with Gasteiger partial charge in [-0.2, -0.15) is 0 Å². The van der Waals surface area contributed by atoms with Gasteiger partial charge in [0, 0.05) is 19.0 Å². The van der Waals surface area contributed by atoms with E-state index in [0.717, 1.165) is 16.7 Å². The Labute approximate surface area is 158 Å². The predicted octanol–water partition coefficient (Wildman–Crippen LogP) is 2.05. The van der Waals surface area contributed by atoms with Crippen LogP contribution in [0.2, 0.25) is 0 Å². The Morgan fingerprint density at radius 3 is 2.63 bits per heavy atom. The number of methoxy groups -OCH3 is 1. The quantitative estimate of drug-likeness (QED) is 0.692. The molecule has 27 heavy (non-hydrogen) atoms. The number of fused-ring (bicyclic) bond motifs is 1. The molecule has 140 valence electrons. The lowest BCUT2D eigenvalue weighted by Gasteiger charge is -2.40. The highest BCUT2D eigenvalue weighted by molar-refractivity contribution is 6.07. The molecule has 1 heterocycles. The van der Waals surface area contributed by atoms with Crippen molar-refractivity contribution in [1.82, 2.24) is 9.97 Å². The molecule has 7 heteroatoms. The molecule has 3 aromatic rings. The lowest BCUT2D eigenvalue weighted by atomic mass is 9.90. The first-order valence-corrected chi connectivity index (χ1v) is 8.54. The molecular weight excluding hydrogens is 342 g/mol. The maximum atomic E-state index is 11.8. The van der Waals surface area contributed by atoms with Crippen molar-refractivity contribution < 1.29 is 9.53 Å². The zero-order valence-electron chi connectivity index (χ0n) is 15.6. The van der Waals surface area contributed by atoms with Crippen LogP contribution in [0.4, 0.5) is 5.82 Å². The van der Waals surface area contributed by atoms with Crippen LogP contribution in [0.3, 0.4) is 0 Å². The van der Waals surface area contributed by atoms with Gasteiger partial charge in [-0.05, 0) is 36.8 Å². The average Bonchev–Trinajstić information content (AvgIpc) is 2.71. The van der Waals surface area contributed by atoms with E-state index in [1.807, 2.05) is 49.2 Å². The second-order valence-corrected chi connectivity index (χ2v) is 6.53. The Kier molecular flexibility index (Phi) is 4.96. The van der Waals surface area contributed by atoms with E-state index in [0.29, 0.717) is 23.4 Å². The summed E-state index contributed by atoms with van der Waals surface area (Å²) in [5.41, 5.74) is 13.0. The van der Waals surface area contributed by atoms with Crippen molar-refractivity contribution in [3.63, 3.8) is 0 Å². The van der Waals surface area contributed by atoms with Crippen molar-refractivity contribution in [1.29, 1.82) is 0 Å². The Bertz CT molecular complexity index is 991. The Morgan fingerprint density at radius 1 is 1.22 bits per heavy atom. The van der Waals surface area contributed by atoms with Gasteiger partial charge in [0.15, 0.2) is 0 Å². The van der Waals surface area contributed by atoms with Gasteiger partial charge in [-0.15, -0.1) is 0 Å². The van der Waals surface area contributed by atoms with Crippen LogP contribution in [-0.2, 0) is 5.54 Å². The second kappa shape index (κ2) is 7.20. The van der Waals surface area contributed by atoms with Crippen LogP contribution in [0.25, 0.3) is 10.9 Å². The summed E-state index contributed by atoms with van der Waals surface area (Å²) in [6.07, 6.45) is 1.43. The standard InChI is InChI=1S/C20H23N5O2/c1-20(11-21,13-6-4-7-14(10-13)27-3)25(2)19-16-9-5-8-15(18(22)26)17(16)23-12-24-19/h4-10,12H,11,21H2,1-3H3,(H2,22,26). The smallest absolute Gasteiger partial charge is 0.250 e. The molecule has 0 saturated heterocycles. The van der Waals surface area contributed by atoms with Crippen LogP contribution >= 0.6 is 0 Å². The van der Waals surface area contributed by atoms with E-state index in [1.54, 1.807) is 19.2 Å². The molecule has 4 N–H and O–H groups in total. The lowest BCUT2D eigenvalue weighted by molar-refractivity contribution is 0.100. The van der Waals surface area contributed by atoms with Crippen LogP contribution in [0.1, 0.15) is 22.8 Å². The van der Waals surface area contributed by atoms with Gasteiger partial charge in [0.2, 0.25) is 0 Å². The zero-order valence-corrected chi connectivity index (χ0v) is 15.6. The van der Waals surface area contributed by atoms with Gasteiger partial charge in [-0.25, -0.2) is 9.97 Å². The molecule has 3 rings (SSSR count). The maximum Gasteiger partial charge on any atom is 0.250 e. The zero-order chi connectivity index (χ0) is 19.6. The summed E-state index contributed by atoms with van der Waals surface area (Å²) < 4.78 is 5.36. The number of hydrogen-bond donors (Lipinski definition) is 2. The summed E-state index contributed by atoms with van der Waals surface area (Å²) in [5.74, 6) is 0.894. The number of likely N-dealkylation sites (N-methyl/N-ethyl adjacent to an activating group) is 1. The average molecular weight is 365 g/mol. The van der Waals surface area contributed by atoms with Gasteiger partial charge >= 0.3 is 0 Å². The monoisotopic (exact) mass is 365 g/mol. The van der Waals surface area contributed by atoms with Gasteiger partial charge < -0.3 is 21.1 Å². The first-order valence-electron chi connectivity index (χ1n) is 8.54. The minimum Gasteiger partial charge on any atom is -0.497 e. The van der Waals surface area contributed by atoms with Crippen molar-refractivity contribution in [3.05, 3.63) is 59.9 Å². The fourth-order valence-corrected chi connectivity index (χ4v) is 3.18. The third kappa shape index (κ3) is 3.17. The third-order valence-electron chi connectivity index (χ3n) is 5.06.